The summed E-state index contributed by atoms with van der Waals surface area (Å²) in [4.78, 5) is 0. The maximum Gasteiger partial charge on any atom is 0.0826 e. The largest absolute Gasteiger partial charge is 0.197 e. The lowest BCUT2D eigenvalue weighted by atomic mass is 9.93. The Morgan fingerprint density at radius 1 is 1.46 bits per heavy atom. The van der Waals surface area contributed by atoms with Crippen molar-refractivity contribution in [3.05, 3.63) is 34.3 Å². The topological polar surface area (TPSA) is 23.8 Å². The molecule has 0 saturated heterocycles. The number of hydrogen-bond acceptors (Lipinski definition) is 1. The Balaban J connectivity index is 2.48. The summed E-state index contributed by atoms with van der Waals surface area (Å²) in [6.07, 6.45) is 1.98. The number of rotatable bonds is 1. The second-order valence-electron chi connectivity index (χ2n) is 3.65. The summed E-state index contributed by atoms with van der Waals surface area (Å²) in [7, 11) is 0. The first-order valence-corrected chi connectivity index (χ1v) is 4.74. The molecule has 13 heavy (non-hydrogen) atoms. The molecule has 0 heterocycles. The SMILES string of the molecule is Cc1cc(Cl)ccc1C1(C#N)CC1. The molecule has 0 bridgehead atoms. The van der Waals surface area contributed by atoms with E-state index in [0.29, 0.717) is 0 Å². The molecule has 2 heteroatoms. The van der Waals surface area contributed by atoms with Crippen LogP contribution in [-0.2, 0) is 5.41 Å². The molecule has 2 rings (SSSR count). The Morgan fingerprint density at radius 3 is 2.62 bits per heavy atom. The Bertz CT molecular complexity index is 386. The van der Waals surface area contributed by atoms with Crippen LogP contribution in [0.25, 0.3) is 0 Å². The third-order valence-electron chi connectivity index (χ3n) is 2.67. The van der Waals surface area contributed by atoms with Crippen molar-refractivity contribution in [3.63, 3.8) is 0 Å². The van der Waals surface area contributed by atoms with E-state index in [1.165, 1.54) is 0 Å². The summed E-state index contributed by atoms with van der Waals surface area (Å²) in [5.74, 6) is 0. The highest BCUT2D eigenvalue weighted by atomic mass is 35.5. The van der Waals surface area contributed by atoms with Gasteiger partial charge in [-0.05, 0) is 43.0 Å². The van der Waals surface area contributed by atoms with Crippen LogP contribution in [0.3, 0.4) is 0 Å². The van der Waals surface area contributed by atoms with Gasteiger partial charge in [0.2, 0.25) is 0 Å². The fraction of sp³-hybridized carbons (Fsp3) is 0.364. The van der Waals surface area contributed by atoms with E-state index in [2.05, 4.69) is 6.07 Å². The molecule has 0 N–H and O–H groups in total. The molecule has 0 atom stereocenters. The van der Waals surface area contributed by atoms with Crippen LogP contribution in [0.4, 0.5) is 0 Å². The Hall–Kier alpha value is -1.00. The average molecular weight is 192 g/mol. The van der Waals surface area contributed by atoms with E-state index >= 15 is 0 Å². The summed E-state index contributed by atoms with van der Waals surface area (Å²) in [5.41, 5.74) is 2.10. The molecule has 0 amide bonds. The molecule has 1 saturated carbocycles. The lowest BCUT2D eigenvalue weighted by molar-refractivity contribution is 0.895. The first-order chi connectivity index (χ1) is 6.18. The molecule has 0 radical (unpaired) electrons. The number of nitriles is 1. The van der Waals surface area contributed by atoms with Gasteiger partial charge in [-0.15, -0.1) is 0 Å². The molecule has 1 aliphatic rings. The molecule has 0 spiro atoms. The standard InChI is InChI=1S/C11H10ClN/c1-8-6-9(12)2-3-10(8)11(7-13)4-5-11/h2-3,6H,4-5H2,1H3. The molecular weight excluding hydrogens is 182 g/mol. The van der Waals surface area contributed by atoms with Gasteiger partial charge in [0.25, 0.3) is 0 Å². The van der Waals surface area contributed by atoms with Crippen molar-refractivity contribution < 1.29 is 0 Å². The van der Waals surface area contributed by atoms with Crippen molar-refractivity contribution >= 4 is 11.6 Å². The highest BCUT2D eigenvalue weighted by Gasteiger charge is 2.45. The Kier molecular flexibility index (Phi) is 1.82. The monoisotopic (exact) mass is 191 g/mol. The van der Waals surface area contributed by atoms with E-state index in [9.17, 15) is 0 Å². The zero-order valence-corrected chi connectivity index (χ0v) is 8.23. The maximum atomic E-state index is 9.02. The lowest BCUT2D eigenvalue weighted by Gasteiger charge is -2.09. The van der Waals surface area contributed by atoms with E-state index < -0.39 is 0 Å². The molecule has 0 aromatic heterocycles. The van der Waals surface area contributed by atoms with Crippen molar-refractivity contribution in [2.24, 2.45) is 0 Å². The van der Waals surface area contributed by atoms with E-state index in [0.717, 1.165) is 29.0 Å². The van der Waals surface area contributed by atoms with Crippen LogP contribution in [0.15, 0.2) is 18.2 Å². The predicted molar refractivity (Wildman–Crippen MR) is 52.7 cm³/mol. The van der Waals surface area contributed by atoms with Gasteiger partial charge in [-0.3, -0.25) is 0 Å². The van der Waals surface area contributed by atoms with Crippen LogP contribution >= 0.6 is 11.6 Å². The molecule has 0 unspecified atom stereocenters. The Labute approximate surface area is 82.9 Å². The van der Waals surface area contributed by atoms with Gasteiger partial charge in [-0.25, -0.2) is 0 Å². The molecular formula is C11H10ClN. The minimum Gasteiger partial charge on any atom is -0.197 e. The second-order valence-corrected chi connectivity index (χ2v) is 4.09. The second kappa shape index (κ2) is 2.75. The normalized spacial score (nSPS) is 17.9. The van der Waals surface area contributed by atoms with Crippen molar-refractivity contribution in [1.29, 1.82) is 5.26 Å². The van der Waals surface area contributed by atoms with Crippen LogP contribution < -0.4 is 0 Å². The number of halogens is 1. The highest BCUT2D eigenvalue weighted by molar-refractivity contribution is 6.30. The smallest absolute Gasteiger partial charge is 0.0826 e. The average Bonchev–Trinajstić information content (AvgIpc) is 2.85. The molecule has 1 nitrogen and oxygen atoms in total. The van der Waals surface area contributed by atoms with Gasteiger partial charge in [-0.2, -0.15) is 5.26 Å². The van der Waals surface area contributed by atoms with Gasteiger partial charge in [0.05, 0.1) is 11.5 Å². The number of aryl methyl sites for hydroxylation is 1. The zero-order valence-electron chi connectivity index (χ0n) is 7.47. The summed E-state index contributed by atoms with van der Waals surface area (Å²) in [5, 5.41) is 9.77. The van der Waals surface area contributed by atoms with Crippen molar-refractivity contribution in [2.45, 2.75) is 25.2 Å². The summed E-state index contributed by atoms with van der Waals surface area (Å²) in [6.45, 7) is 2.01. The van der Waals surface area contributed by atoms with Crippen molar-refractivity contribution in [2.75, 3.05) is 0 Å². The van der Waals surface area contributed by atoms with Gasteiger partial charge < -0.3 is 0 Å². The van der Waals surface area contributed by atoms with E-state index in [1.807, 2.05) is 25.1 Å². The molecule has 0 aliphatic heterocycles. The summed E-state index contributed by atoms with van der Waals surface area (Å²) >= 11 is 5.85. The molecule has 1 aromatic carbocycles. The van der Waals surface area contributed by atoms with Crippen LogP contribution in [0.1, 0.15) is 24.0 Å². The van der Waals surface area contributed by atoms with Crippen LogP contribution in [0, 0.1) is 18.3 Å². The van der Waals surface area contributed by atoms with Crippen molar-refractivity contribution in [1.82, 2.24) is 0 Å². The van der Waals surface area contributed by atoms with Gasteiger partial charge in [0.15, 0.2) is 0 Å². The molecule has 1 aliphatic carbocycles. The third kappa shape index (κ3) is 1.32. The minimum atomic E-state index is -0.186. The fourth-order valence-corrected chi connectivity index (χ4v) is 1.96. The van der Waals surface area contributed by atoms with E-state index in [4.69, 9.17) is 16.9 Å². The number of benzene rings is 1. The van der Waals surface area contributed by atoms with Gasteiger partial charge >= 0.3 is 0 Å². The highest BCUT2D eigenvalue weighted by Crippen LogP contribution is 2.48. The van der Waals surface area contributed by atoms with E-state index in [-0.39, 0.29) is 5.41 Å². The fourth-order valence-electron chi connectivity index (χ4n) is 1.73. The minimum absolute atomic E-state index is 0.186. The van der Waals surface area contributed by atoms with Gasteiger partial charge in [0.1, 0.15) is 0 Å². The molecule has 1 fully saturated rings. The number of hydrogen-bond donors (Lipinski definition) is 0. The maximum absolute atomic E-state index is 9.02. The van der Waals surface area contributed by atoms with Crippen LogP contribution in [0.5, 0.6) is 0 Å². The Morgan fingerprint density at radius 2 is 2.15 bits per heavy atom. The number of nitrogens with zero attached hydrogens (tertiary/aromatic N) is 1. The molecule has 1 aromatic rings. The van der Waals surface area contributed by atoms with Crippen LogP contribution in [0.2, 0.25) is 5.02 Å². The third-order valence-corrected chi connectivity index (χ3v) is 2.90. The first kappa shape index (κ1) is 8.59. The summed E-state index contributed by atoms with van der Waals surface area (Å²) in [6, 6.07) is 8.15. The zero-order chi connectivity index (χ0) is 9.47. The van der Waals surface area contributed by atoms with E-state index in [1.54, 1.807) is 0 Å². The summed E-state index contributed by atoms with van der Waals surface area (Å²) < 4.78 is 0. The first-order valence-electron chi connectivity index (χ1n) is 4.36. The van der Waals surface area contributed by atoms with Crippen molar-refractivity contribution in [3.8, 4) is 6.07 Å². The van der Waals surface area contributed by atoms with Gasteiger partial charge in [-0.1, -0.05) is 17.7 Å². The van der Waals surface area contributed by atoms with Gasteiger partial charge in [0, 0.05) is 5.02 Å². The lowest BCUT2D eigenvalue weighted by Crippen LogP contribution is -2.04. The quantitative estimate of drug-likeness (QED) is 0.669. The predicted octanol–water partition coefficient (Wildman–Crippen LogP) is 3.20. The van der Waals surface area contributed by atoms with Crippen LogP contribution in [-0.4, -0.2) is 0 Å². The molecule has 66 valence electrons.